The SMILES string of the molecule is NCC(=O)N[C@@H](CO)C(=O)NCC(=O)N[C@@H](CO)C(=O)NCC(=O)N[C@@H](CO)C(=O)NCC(=O)N[C@@H](CO)C(=O)NCC(=O)N[C@@H](CO)C(=O)NCC(=O)O. The zero-order valence-electron chi connectivity index (χ0n) is 28.9. The summed E-state index contributed by atoms with van der Waals surface area (Å²) in [5.41, 5.74) is 5.11. The molecule has 310 valence electrons. The Kier molecular flexibility index (Phi) is 23.7. The highest BCUT2D eigenvalue weighted by Gasteiger charge is 2.26. The van der Waals surface area contributed by atoms with Gasteiger partial charge in [0, 0.05) is 0 Å². The van der Waals surface area contributed by atoms with E-state index in [0.29, 0.717) is 0 Å². The molecule has 0 unspecified atom stereocenters. The summed E-state index contributed by atoms with van der Waals surface area (Å²) in [6, 6.07) is -7.98. The number of nitrogens with one attached hydrogen (secondary N) is 10. The van der Waals surface area contributed by atoms with Crippen LogP contribution >= 0.6 is 0 Å². The third-order valence-electron chi connectivity index (χ3n) is 6.46. The van der Waals surface area contributed by atoms with Gasteiger partial charge in [-0.15, -0.1) is 0 Å². The maximum absolute atomic E-state index is 12.4. The summed E-state index contributed by atoms with van der Waals surface area (Å²) in [6.07, 6.45) is 0. The van der Waals surface area contributed by atoms with Crippen molar-refractivity contribution in [1.29, 1.82) is 0 Å². The van der Waals surface area contributed by atoms with Crippen LogP contribution in [-0.4, -0.2) is 198 Å². The number of carboxylic acid groups (broad SMARTS) is 1. The molecular formula is C27H45N11O17. The number of aliphatic hydroxyl groups excluding tert-OH is 5. The van der Waals surface area contributed by atoms with Gasteiger partial charge in [-0.2, -0.15) is 0 Å². The van der Waals surface area contributed by atoms with Gasteiger partial charge in [0.05, 0.1) is 65.8 Å². The van der Waals surface area contributed by atoms with Crippen molar-refractivity contribution in [3.63, 3.8) is 0 Å². The number of carbonyl (C=O) groups is 11. The van der Waals surface area contributed by atoms with Crippen molar-refractivity contribution in [3.8, 4) is 0 Å². The molecule has 55 heavy (non-hydrogen) atoms. The lowest BCUT2D eigenvalue weighted by Gasteiger charge is -2.20. The van der Waals surface area contributed by atoms with Crippen LogP contribution < -0.4 is 58.9 Å². The standard InChI is InChI=1S/C27H45N11O17/c28-1-17(44)34-12(7-39)23(51)29-2-18(45)35-13(8-40)24(52)30-3-19(46)36-14(9-41)25(53)31-4-20(47)37-15(10-42)26(54)32-5-21(48)38-16(11-43)27(55)33-6-22(49)50/h12-16,39-43H,1-11,28H2,(H,29,51)(H,30,52)(H,31,53)(H,32,54)(H,33,55)(H,34,44)(H,35,45)(H,36,46)(H,37,47)(H,38,48)(H,49,50)/t12-,13-,14-,15-,16-/m0/s1. The normalized spacial score (nSPS) is 13.1. The zero-order valence-corrected chi connectivity index (χ0v) is 28.9. The minimum atomic E-state index is -1.68. The van der Waals surface area contributed by atoms with E-state index in [0.717, 1.165) is 0 Å². The molecule has 5 atom stereocenters. The van der Waals surface area contributed by atoms with Crippen LogP contribution in [0.1, 0.15) is 0 Å². The lowest BCUT2D eigenvalue weighted by atomic mass is 10.2. The average molecular weight is 796 g/mol. The highest BCUT2D eigenvalue weighted by molar-refractivity contribution is 5.96. The van der Waals surface area contributed by atoms with E-state index in [9.17, 15) is 78.3 Å². The number of carbonyl (C=O) groups excluding carboxylic acids is 10. The Bertz CT molecular complexity index is 1400. The first-order valence-electron chi connectivity index (χ1n) is 15.8. The van der Waals surface area contributed by atoms with E-state index >= 15 is 0 Å². The van der Waals surface area contributed by atoms with Gasteiger partial charge in [-0.1, -0.05) is 0 Å². The van der Waals surface area contributed by atoms with Crippen LogP contribution in [0.3, 0.4) is 0 Å². The van der Waals surface area contributed by atoms with Gasteiger partial charge in [-0.05, 0) is 0 Å². The molecule has 10 amide bonds. The van der Waals surface area contributed by atoms with Crippen LogP contribution in [-0.2, 0) is 52.7 Å². The summed E-state index contributed by atoms with van der Waals surface area (Å²) in [4.78, 5) is 131. The van der Waals surface area contributed by atoms with Crippen LogP contribution in [0.4, 0.5) is 0 Å². The van der Waals surface area contributed by atoms with E-state index in [1.807, 2.05) is 37.2 Å². The highest BCUT2D eigenvalue weighted by Crippen LogP contribution is 1.90. The Morgan fingerprint density at radius 2 is 0.564 bits per heavy atom. The fraction of sp³-hybridized carbons (Fsp3) is 0.593. The first-order valence-corrected chi connectivity index (χ1v) is 15.8. The van der Waals surface area contributed by atoms with Crippen molar-refractivity contribution >= 4 is 65.0 Å². The molecule has 0 aliphatic heterocycles. The molecule has 0 fully saturated rings. The average Bonchev–Trinajstić information content (AvgIpc) is 3.16. The van der Waals surface area contributed by atoms with Crippen LogP contribution in [0.2, 0.25) is 0 Å². The molecule has 28 heteroatoms. The number of amides is 10. The van der Waals surface area contributed by atoms with Gasteiger partial charge in [0.25, 0.3) is 0 Å². The summed E-state index contributed by atoms with van der Waals surface area (Å²) in [5.74, 6) is -11.6. The molecule has 28 nitrogen and oxygen atoms in total. The Hall–Kier alpha value is -6.07. The maximum Gasteiger partial charge on any atom is 0.322 e. The number of aliphatic carboxylic acids is 1. The Labute approximate surface area is 310 Å². The second-order valence-corrected chi connectivity index (χ2v) is 10.7. The third kappa shape index (κ3) is 20.1. The number of carboxylic acids is 1. The molecule has 0 aliphatic rings. The predicted octanol–water partition coefficient (Wildman–Crippen LogP) is -13.0. The van der Waals surface area contributed by atoms with Gasteiger partial charge in [-0.25, -0.2) is 0 Å². The van der Waals surface area contributed by atoms with Gasteiger partial charge in [0.2, 0.25) is 59.1 Å². The summed E-state index contributed by atoms with van der Waals surface area (Å²) < 4.78 is 0. The fourth-order valence-electron chi connectivity index (χ4n) is 3.65. The van der Waals surface area contributed by atoms with E-state index in [4.69, 9.17) is 10.8 Å². The van der Waals surface area contributed by atoms with Crippen LogP contribution in [0.25, 0.3) is 0 Å². The first-order chi connectivity index (χ1) is 26.0. The number of nitrogens with two attached hydrogens (primary N) is 1. The molecule has 18 N–H and O–H groups in total. The number of rotatable bonds is 26. The second kappa shape index (κ2) is 26.7. The van der Waals surface area contributed by atoms with Crippen molar-refractivity contribution in [2.45, 2.75) is 30.2 Å². The smallest absolute Gasteiger partial charge is 0.322 e. The van der Waals surface area contributed by atoms with Gasteiger partial charge in [0.15, 0.2) is 0 Å². The lowest BCUT2D eigenvalue weighted by Crippen LogP contribution is -2.56. The third-order valence-corrected chi connectivity index (χ3v) is 6.46. The predicted molar refractivity (Wildman–Crippen MR) is 177 cm³/mol. The van der Waals surface area contributed by atoms with E-state index in [1.54, 1.807) is 0 Å². The minimum absolute atomic E-state index is 0.478. The molecule has 0 bridgehead atoms. The molecule has 0 spiro atoms. The number of hydrogen-bond donors (Lipinski definition) is 17. The molecule has 0 aromatic heterocycles. The largest absolute Gasteiger partial charge is 0.480 e. The van der Waals surface area contributed by atoms with Crippen LogP contribution in [0.5, 0.6) is 0 Å². The lowest BCUT2D eigenvalue weighted by molar-refractivity contribution is -0.138. The molecule has 0 radical (unpaired) electrons. The van der Waals surface area contributed by atoms with Crippen molar-refractivity contribution in [3.05, 3.63) is 0 Å². The molecule has 0 rings (SSSR count). The molecule has 0 saturated carbocycles. The number of hydrogen-bond acceptors (Lipinski definition) is 17. The first kappa shape index (κ1) is 48.9. The quantitative estimate of drug-likeness (QED) is 0.0386. The molecule has 0 aromatic rings. The summed E-state index contributed by atoms with van der Waals surface area (Å²) >= 11 is 0. The monoisotopic (exact) mass is 795 g/mol. The van der Waals surface area contributed by atoms with E-state index < -0.39 is 168 Å². The molecule has 0 heterocycles. The van der Waals surface area contributed by atoms with E-state index in [1.165, 1.54) is 0 Å². The highest BCUT2D eigenvalue weighted by atomic mass is 16.4. The Morgan fingerprint density at radius 3 is 0.745 bits per heavy atom. The van der Waals surface area contributed by atoms with Crippen LogP contribution in [0.15, 0.2) is 0 Å². The van der Waals surface area contributed by atoms with Crippen molar-refractivity contribution < 1.29 is 83.4 Å². The van der Waals surface area contributed by atoms with Crippen molar-refractivity contribution in [1.82, 2.24) is 53.2 Å². The topological polar surface area (TPSA) is 455 Å². The van der Waals surface area contributed by atoms with Crippen molar-refractivity contribution in [2.24, 2.45) is 5.73 Å². The molecule has 0 aliphatic carbocycles. The van der Waals surface area contributed by atoms with Gasteiger partial charge in [-0.3, -0.25) is 52.7 Å². The van der Waals surface area contributed by atoms with Gasteiger partial charge < -0.3 is 89.5 Å². The summed E-state index contributed by atoms with van der Waals surface area (Å²) in [7, 11) is 0. The minimum Gasteiger partial charge on any atom is -0.480 e. The van der Waals surface area contributed by atoms with E-state index in [2.05, 4.69) is 16.0 Å². The van der Waals surface area contributed by atoms with E-state index in [-0.39, 0.29) is 0 Å². The summed E-state index contributed by atoms with van der Waals surface area (Å²) in [5, 5.41) is 75.8. The fourth-order valence-corrected chi connectivity index (χ4v) is 3.65. The Balaban J connectivity index is 4.81. The van der Waals surface area contributed by atoms with Gasteiger partial charge >= 0.3 is 5.97 Å². The summed E-state index contributed by atoms with van der Waals surface area (Å²) in [6.45, 7) is -9.29. The van der Waals surface area contributed by atoms with Crippen molar-refractivity contribution in [2.75, 3.05) is 72.3 Å². The molecule has 0 saturated heterocycles. The van der Waals surface area contributed by atoms with Crippen LogP contribution in [0, 0.1) is 0 Å². The maximum atomic E-state index is 12.4. The Morgan fingerprint density at radius 1 is 0.364 bits per heavy atom. The second-order valence-electron chi connectivity index (χ2n) is 10.7. The molecule has 0 aromatic carbocycles. The van der Waals surface area contributed by atoms with Gasteiger partial charge in [0.1, 0.15) is 36.8 Å². The molecular weight excluding hydrogens is 750 g/mol. The zero-order chi connectivity index (χ0) is 42.1. The number of aliphatic hydroxyl groups is 5.